The molecule has 0 fully saturated rings. The average molecular weight is 693 g/mol. The lowest BCUT2D eigenvalue weighted by atomic mass is 10.0. The number of benzene rings is 5. The quantitative estimate of drug-likeness (QED) is 0.0626. The molecule has 0 bridgehead atoms. The van der Waals surface area contributed by atoms with Gasteiger partial charge in [-0.1, -0.05) is 202 Å². The predicted molar refractivity (Wildman–Crippen MR) is 231 cm³/mol. The summed E-state index contributed by atoms with van der Waals surface area (Å²) >= 11 is 0. The van der Waals surface area contributed by atoms with Crippen molar-refractivity contribution in [3.63, 3.8) is 0 Å². The Balaban J connectivity index is 1.20. The fraction of sp³-hybridized carbons (Fsp3) is 0.480. The summed E-state index contributed by atoms with van der Waals surface area (Å²) in [6.07, 6.45) is 27.4. The van der Waals surface area contributed by atoms with Gasteiger partial charge in [-0.3, -0.25) is 0 Å². The summed E-state index contributed by atoms with van der Waals surface area (Å²) in [7, 11) is 0. The minimum absolute atomic E-state index is 1.08. The molecule has 0 saturated carbocycles. The summed E-state index contributed by atoms with van der Waals surface area (Å²) in [5.41, 5.74) is 5.65. The molecule has 2 nitrogen and oxygen atoms in total. The van der Waals surface area contributed by atoms with Crippen molar-refractivity contribution in [2.45, 2.75) is 155 Å². The summed E-state index contributed by atoms with van der Waals surface area (Å²) in [5.74, 6) is 0. The van der Waals surface area contributed by atoms with Crippen LogP contribution in [0.15, 0.2) is 84.9 Å². The first kappa shape index (κ1) is 36.6. The van der Waals surface area contributed by atoms with E-state index in [4.69, 9.17) is 0 Å². The molecule has 0 aliphatic carbocycles. The van der Waals surface area contributed by atoms with Crippen LogP contribution in [-0.4, -0.2) is 9.13 Å². The SMILES string of the molecule is CCCCCCCCCCCCn1c2cc3c4ccc5ccccc5c4n(CCCCCCCCCCCC)c3cc2c2ccc3ccccc3c21. The Morgan fingerprint density at radius 3 is 1.06 bits per heavy atom. The van der Waals surface area contributed by atoms with Gasteiger partial charge in [0.15, 0.2) is 0 Å². The smallest absolute Gasteiger partial charge is 0.0571 e. The van der Waals surface area contributed by atoms with Crippen molar-refractivity contribution >= 4 is 65.2 Å². The Hall–Kier alpha value is -3.78. The van der Waals surface area contributed by atoms with Crippen LogP contribution < -0.4 is 0 Å². The third kappa shape index (κ3) is 8.07. The molecule has 0 atom stereocenters. The van der Waals surface area contributed by atoms with Crippen molar-refractivity contribution in [3.8, 4) is 0 Å². The summed E-state index contributed by atoms with van der Waals surface area (Å²) < 4.78 is 5.40. The number of unbranched alkanes of at least 4 members (excludes halogenated alkanes) is 18. The Labute approximate surface area is 313 Å². The third-order valence-corrected chi connectivity index (χ3v) is 12.1. The van der Waals surface area contributed by atoms with Crippen LogP contribution in [0.1, 0.15) is 142 Å². The van der Waals surface area contributed by atoms with Crippen molar-refractivity contribution in [1.82, 2.24) is 9.13 Å². The van der Waals surface area contributed by atoms with Gasteiger partial charge in [0, 0.05) is 56.4 Å². The van der Waals surface area contributed by atoms with Gasteiger partial charge in [0.25, 0.3) is 0 Å². The standard InChI is InChI=1S/C50H64N2/c1-3-5-7-9-11-13-15-17-19-25-35-51-47-37-46-44-34-32-40-28-22-24-30-42(40)50(44)52(36-26-20-18-16-14-12-10-8-6-4-2)48(46)38-45(47)43-33-31-39-27-21-23-29-41(39)49(43)51/h21-24,27-34,37-38H,3-20,25-26,35-36H2,1-2H3. The van der Waals surface area contributed by atoms with Gasteiger partial charge in [0.1, 0.15) is 0 Å². The predicted octanol–water partition coefficient (Wildman–Crippen LogP) is 16.1. The molecule has 0 spiro atoms. The molecule has 2 heterocycles. The maximum Gasteiger partial charge on any atom is 0.0571 e. The van der Waals surface area contributed by atoms with Gasteiger partial charge in [0.05, 0.1) is 11.0 Å². The molecular weight excluding hydrogens is 629 g/mol. The molecule has 0 aliphatic heterocycles. The monoisotopic (exact) mass is 693 g/mol. The highest BCUT2D eigenvalue weighted by molar-refractivity contribution is 6.24. The largest absolute Gasteiger partial charge is 0.340 e. The van der Waals surface area contributed by atoms with Crippen molar-refractivity contribution in [2.24, 2.45) is 0 Å². The highest BCUT2D eigenvalue weighted by atomic mass is 15.0. The number of hydrogen-bond acceptors (Lipinski definition) is 0. The number of rotatable bonds is 22. The minimum atomic E-state index is 1.08. The van der Waals surface area contributed by atoms with Crippen molar-refractivity contribution < 1.29 is 0 Å². The lowest BCUT2D eigenvalue weighted by molar-refractivity contribution is 0.541. The lowest BCUT2D eigenvalue weighted by Crippen LogP contribution is -1.99. The van der Waals surface area contributed by atoms with Gasteiger partial charge in [-0.15, -0.1) is 0 Å². The van der Waals surface area contributed by atoms with E-state index in [0.717, 1.165) is 13.1 Å². The first-order valence-corrected chi connectivity index (χ1v) is 21.6. The molecule has 7 rings (SSSR count). The van der Waals surface area contributed by atoms with Gasteiger partial charge in [0.2, 0.25) is 0 Å². The molecule has 2 aromatic heterocycles. The van der Waals surface area contributed by atoms with Crippen LogP contribution in [0.3, 0.4) is 0 Å². The van der Waals surface area contributed by atoms with Gasteiger partial charge >= 0.3 is 0 Å². The fourth-order valence-corrected chi connectivity index (χ4v) is 9.20. The second-order valence-electron chi connectivity index (χ2n) is 15.9. The molecule has 7 aromatic rings. The van der Waals surface area contributed by atoms with E-state index >= 15 is 0 Å². The first-order valence-electron chi connectivity index (χ1n) is 21.6. The zero-order valence-corrected chi connectivity index (χ0v) is 32.5. The van der Waals surface area contributed by atoms with E-state index in [2.05, 4.69) is 108 Å². The van der Waals surface area contributed by atoms with E-state index in [1.807, 2.05) is 0 Å². The Morgan fingerprint density at radius 2 is 0.673 bits per heavy atom. The number of aryl methyl sites for hydroxylation is 2. The molecule has 0 amide bonds. The maximum atomic E-state index is 2.70. The van der Waals surface area contributed by atoms with Crippen LogP contribution in [0.5, 0.6) is 0 Å². The highest BCUT2D eigenvalue weighted by Crippen LogP contribution is 2.41. The van der Waals surface area contributed by atoms with Crippen molar-refractivity contribution in [3.05, 3.63) is 84.9 Å². The number of hydrogen-bond donors (Lipinski definition) is 0. The molecule has 0 aliphatic rings. The van der Waals surface area contributed by atoms with Gasteiger partial charge in [-0.2, -0.15) is 0 Å². The number of fused-ring (bicyclic) bond motifs is 10. The molecular formula is C50H64N2. The highest BCUT2D eigenvalue weighted by Gasteiger charge is 2.19. The molecule has 52 heavy (non-hydrogen) atoms. The van der Waals surface area contributed by atoms with E-state index in [0.29, 0.717) is 0 Å². The second-order valence-corrected chi connectivity index (χ2v) is 15.9. The maximum absolute atomic E-state index is 2.70. The van der Waals surface area contributed by atoms with E-state index in [-0.39, 0.29) is 0 Å². The molecule has 5 aromatic carbocycles. The van der Waals surface area contributed by atoms with E-state index in [9.17, 15) is 0 Å². The molecule has 0 radical (unpaired) electrons. The molecule has 274 valence electrons. The first-order chi connectivity index (χ1) is 25.8. The van der Waals surface area contributed by atoms with Crippen molar-refractivity contribution in [1.29, 1.82) is 0 Å². The summed E-state index contributed by atoms with van der Waals surface area (Å²) in [6.45, 7) is 6.78. The molecule has 0 saturated heterocycles. The fourth-order valence-electron chi connectivity index (χ4n) is 9.20. The zero-order valence-electron chi connectivity index (χ0n) is 32.5. The Bertz CT molecular complexity index is 2040. The molecule has 0 unspecified atom stereocenters. The molecule has 2 heteroatoms. The normalized spacial score (nSPS) is 12.2. The van der Waals surface area contributed by atoms with Crippen LogP contribution in [0.4, 0.5) is 0 Å². The van der Waals surface area contributed by atoms with Crippen LogP contribution in [0, 0.1) is 0 Å². The van der Waals surface area contributed by atoms with Crippen LogP contribution in [0.25, 0.3) is 65.2 Å². The van der Waals surface area contributed by atoms with Crippen LogP contribution >= 0.6 is 0 Å². The van der Waals surface area contributed by atoms with E-state index in [1.54, 1.807) is 0 Å². The summed E-state index contributed by atoms with van der Waals surface area (Å²) in [4.78, 5) is 0. The summed E-state index contributed by atoms with van der Waals surface area (Å²) in [5, 5.41) is 11.1. The van der Waals surface area contributed by atoms with Crippen molar-refractivity contribution in [2.75, 3.05) is 0 Å². The molecule has 0 N–H and O–H groups in total. The lowest BCUT2D eigenvalue weighted by Gasteiger charge is -2.11. The van der Waals surface area contributed by atoms with Gasteiger partial charge < -0.3 is 9.13 Å². The van der Waals surface area contributed by atoms with E-state index < -0.39 is 0 Å². The summed E-state index contributed by atoms with van der Waals surface area (Å²) in [6, 6.07) is 32.7. The van der Waals surface area contributed by atoms with Gasteiger partial charge in [-0.05, 0) is 35.7 Å². The number of aromatic nitrogens is 2. The van der Waals surface area contributed by atoms with E-state index in [1.165, 1.54) is 194 Å². The Morgan fingerprint density at radius 1 is 0.327 bits per heavy atom. The second kappa shape index (κ2) is 18.3. The van der Waals surface area contributed by atoms with Gasteiger partial charge in [-0.25, -0.2) is 0 Å². The Kier molecular flexibility index (Phi) is 12.9. The zero-order chi connectivity index (χ0) is 35.5. The topological polar surface area (TPSA) is 9.86 Å². The minimum Gasteiger partial charge on any atom is -0.340 e. The van der Waals surface area contributed by atoms with Crippen LogP contribution in [0.2, 0.25) is 0 Å². The number of nitrogens with zero attached hydrogens (tertiary/aromatic N) is 2. The van der Waals surface area contributed by atoms with Crippen LogP contribution in [-0.2, 0) is 13.1 Å². The average Bonchev–Trinajstić information content (AvgIpc) is 3.67. The third-order valence-electron chi connectivity index (χ3n) is 12.1.